The van der Waals surface area contributed by atoms with Gasteiger partial charge < -0.3 is 14.8 Å². The number of methoxy groups -OCH3 is 1. The zero-order valence-electron chi connectivity index (χ0n) is 14.3. The summed E-state index contributed by atoms with van der Waals surface area (Å²) < 4.78 is 11.1. The third-order valence-corrected chi connectivity index (χ3v) is 4.02. The van der Waals surface area contributed by atoms with Crippen molar-refractivity contribution in [2.24, 2.45) is 0 Å². The van der Waals surface area contributed by atoms with Crippen LogP contribution in [0.5, 0.6) is 5.75 Å². The molecule has 0 aliphatic rings. The van der Waals surface area contributed by atoms with Crippen molar-refractivity contribution in [2.75, 3.05) is 19.0 Å². The number of amides is 1. The number of hydrogen-bond acceptors (Lipinski definition) is 3. The summed E-state index contributed by atoms with van der Waals surface area (Å²) in [6.07, 6.45) is 1.56. The Morgan fingerprint density at radius 3 is 2.43 bits per heavy atom. The van der Waals surface area contributed by atoms with Crippen molar-refractivity contribution < 1.29 is 14.3 Å². The number of benzene rings is 2. The van der Waals surface area contributed by atoms with Crippen LogP contribution in [0.1, 0.15) is 33.6 Å². The van der Waals surface area contributed by atoms with E-state index in [-0.39, 0.29) is 5.91 Å². The van der Waals surface area contributed by atoms with Crippen LogP contribution in [-0.2, 0) is 9.53 Å². The molecular weight excluding hydrogens is 290 g/mol. The maximum Gasteiger partial charge on any atom is 0.256 e. The number of fused-ring (bicyclic) bond motifs is 1. The number of ether oxygens (including phenoxy) is 2. The molecule has 1 atom stereocenters. The smallest absolute Gasteiger partial charge is 0.256 e. The molecule has 0 spiro atoms. The van der Waals surface area contributed by atoms with Crippen molar-refractivity contribution in [3.05, 3.63) is 36.4 Å². The first kappa shape index (κ1) is 17.3. The quantitative estimate of drug-likeness (QED) is 0.824. The molecule has 2 rings (SSSR count). The van der Waals surface area contributed by atoms with Gasteiger partial charge in [-0.1, -0.05) is 37.6 Å². The second kappa shape index (κ2) is 7.47. The van der Waals surface area contributed by atoms with Crippen LogP contribution in [0.25, 0.3) is 10.8 Å². The van der Waals surface area contributed by atoms with E-state index in [1.54, 1.807) is 7.11 Å². The minimum absolute atomic E-state index is 0.114. The van der Waals surface area contributed by atoms with E-state index in [9.17, 15) is 4.79 Å². The summed E-state index contributed by atoms with van der Waals surface area (Å²) in [5.74, 6) is 0.677. The molecule has 0 unspecified atom stereocenters. The van der Waals surface area contributed by atoms with Crippen molar-refractivity contribution >= 4 is 22.4 Å². The van der Waals surface area contributed by atoms with Gasteiger partial charge in [0, 0.05) is 23.1 Å². The fourth-order valence-electron chi connectivity index (χ4n) is 2.86. The van der Waals surface area contributed by atoms with Crippen LogP contribution in [0.2, 0.25) is 0 Å². The third-order valence-electron chi connectivity index (χ3n) is 4.02. The summed E-state index contributed by atoms with van der Waals surface area (Å²) >= 11 is 0. The zero-order chi connectivity index (χ0) is 16.9. The van der Waals surface area contributed by atoms with Crippen LogP contribution in [-0.4, -0.2) is 25.2 Å². The van der Waals surface area contributed by atoms with Crippen molar-refractivity contribution in [1.29, 1.82) is 0 Å². The average molecular weight is 315 g/mol. The number of hydrogen-bond donors (Lipinski definition) is 1. The largest absolute Gasteiger partial charge is 0.496 e. The molecule has 2 aromatic rings. The number of nitrogens with one attached hydrogen (secondary N) is 1. The van der Waals surface area contributed by atoms with Gasteiger partial charge in [-0.15, -0.1) is 0 Å². The van der Waals surface area contributed by atoms with Crippen LogP contribution in [0, 0.1) is 0 Å². The molecule has 4 nitrogen and oxygen atoms in total. The Labute approximate surface area is 137 Å². The molecule has 2 aromatic carbocycles. The molecule has 0 fully saturated rings. The second-order valence-corrected chi connectivity index (χ2v) is 5.73. The summed E-state index contributed by atoms with van der Waals surface area (Å²) in [5, 5.41) is 4.95. The minimum Gasteiger partial charge on any atom is -0.496 e. The predicted octanol–water partition coefficient (Wildman–Crippen LogP) is 4.38. The molecule has 0 heterocycles. The van der Waals surface area contributed by atoms with Gasteiger partial charge in [-0.2, -0.15) is 0 Å². The molecule has 0 saturated carbocycles. The van der Waals surface area contributed by atoms with Crippen molar-refractivity contribution in [3.8, 4) is 5.75 Å². The Morgan fingerprint density at radius 1 is 1.13 bits per heavy atom. The fraction of sp³-hybridized carbons (Fsp3) is 0.421. The van der Waals surface area contributed by atoms with Gasteiger partial charge in [0.1, 0.15) is 11.4 Å². The average Bonchev–Trinajstić information content (AvgIpc) is 2.55. The van der Waals surface area contributed by atoms with E-state index in [2.05, 4.69) is 5.32 Å². The van der Waals surface area contributed by atoms with E-state index in [4.69, 9.17) is 9.47 Å². The monoisotopic (exact) mass is 315 g/mol. The fourth-order valence-corrected chi connectivity index (χ4v) is 2.86. The summed E-state index contributed by atoms with van der Waals surface area (Å²) in [5.41, 5.74) is -0.0433. The van der Waals surface area contributed by atoms with E-state index in [1.807, 2.05) is 57.2 Å². The Morgan fingerprint density at radius 2 is 1.83 bits per heavy atom. The van der Waals surface area contributed by atoms with Crippen molar-refractivity contribution in [1.82, 2.24) is 0 Å². The summed E-state index contributed by atoms with van der Waals surface area (Å²) in [7, 11) is 1.65. The molecule has 0 saturated heterocycles. The molecule has 124 valence electrons. The Balaban J connectivity index is 2.36. The summed E-state index contributed by atoms with van der Waals surface area (Å²) in [6, 6.07) is 11.6. The number of carbonyl (C=O) groups excluding carboxylic acids is 1. The van der Waals surface area contributed by atoms with Crippen molar-refractivity contribution in [3.63, 3.8) is 0 Å². The first-order chi connectivity index (χ1) is 11.1. The highest BCUT2D eigenvalue weighted by Gasteiger charge is 2.33. The third kappa shape index (κ3) is 3.64. The lowest BCUT2D eigenvalue weighted by molar-refractivity contribution is -0.139. The lowest BCUT2D eigenvalue weighted by atomic mass is 9.98. The van der Waals surface area contributed by atoms with E-state index >= 15 is 0 Å². The predicted molar refractivity (Wildman–Crippen MR) is 94.1 cm³/mol. The van der Waals surface area contributed by atoms with Gasteiger partial charge in [-0.3, -0.25) is 4.79 Å². The standard InChI is InChI=1S/C19H25NO3/c1-5-13-19(3,23-6-2)18(21)20-16-11-12-17(22-4)15-10-8-7-9-14(15)16/h7-12H,5-6,13H2,1-4H3,(H,20,21)/t19-/m0/s1. The number of carbonyl (C=O) groups is 1. The van der Waals surface area contributed by atoms with Gasteiger partial charge in [0.05, 0.1) is 7.11 Å². The molecule has 0 aliphatic carbocycles. The van der Waals surface area contributed by atoms with Gasteiger partial charge in [0.25, 0.3) is 5.91 Å². The number of anilines is 1. The van der Waals surface area contributed by atoms with Gasteiger partial charge in [0.2, 0.25) is 0 Å². The minimum atomic E-state index is -0.815. The molecule has 0 aromatic heterocycles. The van der Waals surface area contributed by atoms with Gasteiger partial charge in [0.15, 0.2) is 0 Å². The number of rotatable bonds is 7. The maximum absolute atomic E-state index is 12.7. The van der Waals surface area contributed by atoms with Crippen LogP contribution >= 0.6 is 0 Å². The molecule has 0 aliphatic heterocycles. The topological polar surface area (TPSA) is 47.6 Å². The van der Waals surface area contributed by atoms with E-state index in [0.717, 1.165) is 28.6 Å². The zero-order valence-corrected chi connectivity index (χ0v) is 14.3. The van der Waals surface area contributed by atoms with E-state index < -0.39 is 5.60 Å². The molecule has 0 bridgehead atoms. The molecular formula is C19H25NO3. The van der Waals surface area contributed by atoms with Crippen molar-refractivity contribution in [2.45, 2.75) is 39.2 Å². The molecule has 0 radical (unpaired) electrons. The van der Waals surface area contributed by atoms with E-state index in [1.165, 1.54) is 0 Å². The highest BCUT2D eigenvalue weighted by Crippen LogP contribution is 2.32. The summed E-state index contributed by atoms with van der Waals surface area (Å²) in [4.78, 5) is 12.7. The van der Waals surface area contributed by atoms with Gasteiger partial charge in [-0.05, 0) is 32.4 Å². The SMILES string of the molecule is CCC[C@](C)(OCC)C(=O)Nc1ccc(OC)c2ccccc12. The second-order valence-electron chi connectivity index (χ2n) is 5.73. The highest BCUT2D eigenvalue weighted by atomic mass is 16.5. The molecule has 1 amide bonds. The molecule has 23 heavy (non-hydrogen) atoms. The van der Waals surface area contributed by atoms with Crippen LogP contribution in [0.3, 0.4) is 0 Å². The van der Waals surface area contributed by atoms with Crippen LogP contribution in [0.4, 0.5) is 5.69 Å². The summed E-state index contributed by atoms with van der Waals surface area (Å²) in [6.45, 7) is 6.31. The van der Waals surface area contributed by atoms with Crippen LogP contribution in [0.15, 0.2) is 36.4 Å². The van der Waals surface area contributed by atoms with Gasteiger partial charge in [-0.25, -0.2) is 0 Å². The van der Waals surface area contributed by atoms with Gasteiger partial charge >= 0.3 is 0 Å². The van der Waals surface area contributed by atoms with Crippen LogP contribution < -0.4 is 10.1 Å². The molecule has 4 heteroatoms. The maximum atomic E-state index is 12.7. The first-order valence-corrected chi connectivity index (χ1v) is 8.07. The molecule has 1 N–H and O–H groups in total. The lowest BCUT2D eigenvalue weighted by Gasteiger charge is -2.28. The Hall–Kier alpha value is -2.07. The first-order valence-electron chi connectivity index (χ1n) is 8.07. The normalized spacial score (nSPS) is 13.6. The lowest BCUT2D eigenvalue weighted by Crippen LogP contribution is -2.42. The Kier molecular flexibility index (Phi) is 5.61. The Bertz CT molecular complexity index is 675. The highest BCUT2D eigenvalue weighted by molar-refractivity contribution is 6.06. The van der Waals surface area contributed by atoms with E-state index in [0.29, 0.717) is 13.0 Å².